The summed E-state index contributed by atoms with van der Waals surface area (Å²) in [5.74, 6) is -0.942. The molecule has 0 unspecified atom stereocenters. The van der Waals surface area contributed by atoms with Crippen molar-refractivity contribution >= 4 is 45.2 Å². The zero-order valence-electron chi connectivity index (χ0n) is 9.61. The topological polar surface area (TPSA) is 69.6 Å². The van der Waals surface area contributed by atoms with Crippen LogP contribution in [0.3, 0.4) is 0 Å². The fraction of sp³-hybridized carbons (Fsp3) is 0.273. The predicted octanol–water partition coefficient (Wildman–Crippen LogP) is 3.04. The lowest BCUT2D eigenvalue weighted by Crippen LogP contribution is -2.33. The summed E-state index contributed by atoms with van der Waals surface area (Å²) < 4.78 is 0.662. The van der Waals surface area contributed by atoms with Gasteiger partial charge in [-0.2, -0.15) is 0 Å². The van der Waals surface area contributed by atoms with Gasteiger partial charge >= 0.3 is 12.0 Å². The quantitative estimate of drug-likeness (QED) is 0.888. The maximum absolute atomic E-state index is 11.7. The molecule has 0 aromatic heterocycles. The van der Waals surface area contributed by atoms with Crippen molar-refractivity contribution in [2.45, 2.75) is 6.42 Å². The van der Waals surface area contributed by atoms with Crippen LogP contribution < -0.4 is 5.32 Å². The van der Waals surface area contributed by atoms with Gasteiger partial charge in [0.05, 0.1) is 12.1 Å². The van der Waals surface area contributed by atoms with E-state index in [1.807, 2.05) is 0 Å². The first kappa shape index (κ1) is 14.8. The van der Waals surface area contributed by atoms with Crippen molar-refractivity contribution in [3.8, 4) is 0 Å². The van der Waals surface area contributed by atoms with E-state index in [0.717, 1.165) is 0 Å². The molecule has 0 heterocycles. The molecule has 2 N–H and O–H groups in total. The van der Waals surface area contributed by atoms with E-state index in [1.54, 1.807) is 18.2 Å². The normalized spacial score (nSPS) is 9.94. The molecule has 0 fully saturated rings. The lowest BCUT2D eigenvalue weighted by Gasteiger charge is -2.17. The minimum absolute atomic E-state index is 0.0916. The van der Waals surface area contributed by atoms with Gasteiger partial charge in [-0.1, -0.05) is 11.6 Å². The van der Waals surface area contributed by atoms with Crippen LogP contribution in [0.1, 0.15) is 6.42 Å². The van der Waals surface area contributed by atoms with Gasteiger partial charge in [0.1, 0.15) is 0 Å². The number of carboxylic acids is 1. The van der Waals surface area contributed by atoms with Gasteiger partial charge in [-0.25, -0.2) is 4.79 Å². The number of rotatable bonds is 4. The molecule has 0 atom stereocenters. The summed E-state index contributed by atoms with van der Waals surface area (Å²) >= 11 is 9.06. The number of urea groups is 1. The standard InChI is InChI=1S/C11H12BrClN2O3/c1-15(5-4-10(16)17)11(18)14-9-3-2-7(13)6-8(9)12/h2-3,6H,4-5H2,1H3,(H,14,18)(H,16,17). The van der Waals surface area contributed by atoms with Crippen molar-refractivity contribution in [3.05, 3.63) is 27.7 Å². The third kappa shape index (κ3) is 4.54. The van der Waals surface area contributed by atoms with Crippen LogP contribution in [0, 0.1) is 0 Å². The first-order chi connectivity index (χ1) is 8.40. The molecule has 7 heteroatoms. The zero-order valence-corrected chi connectivity index (χ0v) is 12.0. The number of amides is 2. The highest BCUT2D eigenvalue weighted by atomic mass is 79.9. The molecule has 0 bridgehead atoms. The van der Waals surface area contributed by atoms with Crippen molar-refractivity contribution in [3.63, 3.8) is 0 Å². The molecule has 5 nitrogen and oxygen atoms in total. The van der Waals surface area contributed by atoms with Gasteiger partial charge in [-0.15, -0.1) is 0 Å². The number of halogens is 2. The summed E-state index contributed by atoms with van der Waals surface area (Å²) in [7, 11) is 1.53. The number of carbonyl (C=O) groups excluding carboxylic acids is 1. The lowest BCUT2D eigenvalue weighted by molar-refractivity contribution is -0.137. The molecule has 0 aliphatic carbocycles. The van der Waals surface area contributed by atoms with Gasteiger partial charge in [0.25, 0.3) is 0 Å². The van der Waals surface area contributed by atoms with Crippen LogP contribution in [0.15, 0.2) is 22.7 Å². The van der Waals surface area contributed by atoms with Crippen molar-refractivity contribution in [1.29, 1.82) is 0 Å². The molecular weight excluding hydrogens is 323 g/mol. The number of carbonyl (C=O) groups is 2. The van der Waals surface area contributed by atoms with Gasteiger partial charge in [0.2, 0.25) is 0 Å². The van der Waals surface area contributed by atoms with E-state index < -0.39 is 5.97 Å². The number of nitrogens with one attached hydrogen (secondary N) is 1. The second-order valence-corrected chi connectivity index (χ2v) is 4.91. The number of aliphatic carboxylic acids is 1. The Balaban J connectivity index is 2.61. The van der Waals surface area contributed by atoms with Crippen LogP contribution in [0.4, 0.5) is 10.5 Å². The van der Waals surface area contributed by atoms with Crippen LogP contribution >= 0.6 is 27.5 Å². The van der Waals surface area contributed by atoms with E-state index in [2.05, 4.69) is 21.2 Å². The smallest absolute Gasteiger partial charge is 0.321 e. The molecule has 0 aliphatic heterocycles. The van der Waals surface area contributed by atoms with Crippen LogP contribution in [0.2, 0.25) is 5.02 Å². The Bertz CT molecular complexity index is 468. The highest BCUT2D eigenvalue weighted by Crippen LogP contribution is 2.25. The molecule has 0 saturated carbocycles. The Morgan fingerprint density at radius 3 is 2.72 bits per heavy atom. The molecule has 0 radical (unpaired) electrons. The third-order valence-electron chi connectivity index (χ3n) is 2.18. The Labute approximate surface area is 118 Å². The number of anilines is 1. The molecule has 0 aliphatic rings. The largest absolute Gasteiger partial charge is 0.481 e. The van der Waals surface area contributed by atoms with E-state index >= 15 is 0 Å². The minimum Gasteiger partial charge on any atom is -0.481 e. The molecule has 1 aromatic rings. The highest BCUT2D eigenvalue weighted by Gasteiger charge is 2.11. The molecular formula is C11H12BrClN2O3. The number of nitrogens with zero attached hydrogens (tertiary/aromatic N) is 1. The summed E-state index contributed by atoms with van der Waals surface area (Å²) in [6, 6.07) is 4.60. The number of hydrogen-bond acceptors (Lipinski definition) is 2. The van der Waals surface area contributed by atoms with E-state index in [9.17, 15) is 9.59 Å². The molecule has 2 amide bonds. The second-order valence-electron chi connectivity index (χ2n) is 3.62. The van der Waals surface area contributed by atoms with Gasteiger partial charge in [0, 0.05) is 23.1 Å². The molecule has 1 aromatic carbocycles. The van der Waals surface area contributed by atoms with Crippen molar-refractivity contribution < 1.29 is 14.7 Å². The molecule has 0 spiro atoms. The minimum atomic E-state index is -0.942. The van der Waals surface area contributed by atoms with E-state index in [4.69, 9.17) is 16.7 Å². The van der Waals surface area contributed by atoms with E-state index in [1.165, 1.54) is 11.9 Å². The Kier molecular flexibility index (Phi) is 5.43. The highest BCUT2D eigenvalue weighted by molar-refractivity contribution is 9.10. The maximum Gasteiger partial charge on any atom is 0.321 e. The first-order valence-corrected chi connectivity index (χ1v) is 6.26. The summed E-state index contributed by atoms with van der Waals surface area (Å²) in [6.45, 7) is 0.145. The predicted molar refractivity (Wildman–Crippen MR) is 73.1 cm³/mol. The SMILES string of the molecule is CN(CCC(=O)O)C(=O)Nc1ccc(Cl)cc1Br. The zero-order chi connectivity index (χ0) is 13.7. The average Bonchev–Trinajstić information content (AvgIpc) is 2.29. The van der Waals surface area contributed by atoms with Crippen molar-refractivity contribution in [2.75, 3.05) is 18.9 Å². The Hall–Kier alpha value is -1.27. The van der Waals surface area contributed by atoms with Crippen LogP contribution in [0.5, 0.6) is 0 Å². The fourth-order valence-corrected chi connectivity index (χ4v) is 1.95. The van der Waals surface area contributed by atoms with Gasteiger partial charge in [-0.05, 0) is 34.1 Å². The van der Waals surface area contributed by atoms with Crippen LogP contribution in [-0.4, -0.2) is 35.6 Å². The number of carboxylic acid groups (broad SMARTS) is 1. The molecule has 98 valence electrons. The van der Waals surface area contributed by atoms with Crippen molar-refractivity contribution in [2.24, 2.45) is 0 Å². The lowest BCUT2D eigenvalue weighted by atomic mass is 10.3. The summed E-state index contributed by atoms with van der Waals surface area (Å²) in [5, 5.41) is 11.7. The van der Waals surface area contributed by atoms with Gasteiger partial charge in [0.15, 0.2) is 0 Å². The van der Waals surface area contributed by atoms with Gasteiger partial charge in [-0.3, -0.25) is 4.79 Å². The maximum atomic E-state index is 11.7. The number of benzene rings is 1. The van der Waals surface area contributed by atoms with E-state index in [-0.39, 0.29) is 19.0 Å². The van der Waals surface area contributed by atoms with Crippen molar-refractivity contribution in [1.82, 2.24) is 4.90 Å². The fourth-order valence-electron chi connectivity index (χ4n) is 1.17. The Morgan fingerprint density at radius 2 is 2.17 bits per heavy atom. The number of hydrogen-bond donors (Lipinski definition) is 2. The average molecular weight is 336 g/mol. The first-order valence-electron chi connectivity index (χ1n) is 5.09. The summed E-state index contributed by atoms with van der Waals surface area (Å²) in [5.41, 5.74) is 0.576. The molecule has 1 rings (SSSR count). The molecule has 18 heavy (non-hydrogen) atoms. The van der Waals surface area contributed by atoms with Crippen LogP contribution in [0.25, 0.3) is 0 Å². The summed E-state index contributed by atoms with van der Waals surface area (Å²) in [4.78, 5) is 23.4. The monoisotopic (exact) mass is 334 g/mol. The Morgan fingerprint density at radius 1 is 1.50 bits per heavy atom. The summed E-state index contributed by atoms with van der Waals surface area (Å²) in [6.07, 6.45) is -0.0916. The third-order valence-corrected chi connectivity index (χ3v) is 3.07. The van der Waals surface area contributed by atoms with Crippen LogP contribution in [-0.2, 0) is 4.79 Å². The van der Waals surface area contributed by atoms with E-state index in [0.29, 0.717) is 15.2 Å². The second kappa shape index (κ2) is 6.61. The van der Waals surface area contributed by atoms with Gasteiger partial charge < -0.3 is 15.3 Å². The molecule has 0 saturated heterocycles.